The lowest BCUT2D eigenvalue weighted by Gasteiger charge is -2.46. The van der Waals surface area contributed by atoms with Crippen LogP contribution < -0.4 is 16.9 Å². The van der Waals surface area contributed by atoms with Crippen molar-refractivity contribution < 1.29 is 0 Å². The summed E-state index contributed by atoms with van der Waals surface area (Å²) in [7, 11) is 0. The third-order valence-corrected chi connectivity index (χ3v) is 3.50. The summed E-state index contributed by atoms with van der Waals surface area (Å²) in [5.41, 5.74) is 15.4. The molecule has 0 spiro atoms. The van der Waals surface area contributed by atoms with Gasteiger partial charge in [0.05, 0.1) is 15.7 Å². The molecule has 17 heavy (non-hydrogen) atoms. The Morgan fingerprint density at radius 3 is 2.59 bits per heavy atom. The van der Waals surface area contributed by atoms with Gasteiger partial charge in [0.25, 0.3) is 0 Å². The number of rotatable bonds is 2. The van der Waals surface area contributed by atoms with E-state index in [-0.39, 0.29) is 12.2 Å². The Hall–Kier alpha value is -1.21. The average molecular weight is 273 g/mol. The van der Waals surface area contributed by atoms with Gasteiger partial charge in [-0.15, -0.1) is 10.2 Å². The second kappa shape index (κ2) is 3.64. The summed E-state index contributed by atoms with van der Waals surface area (Å²) < 4.78 is 0. The summed E-state index contributed by atoms with van der Waals surface area (Å²) in [5.74, 6) is 0.505. The second-order valence-corrected chi connectivity index (χ2v) is 4.68. The number of amidine groups is 1. The zero-order valence-electron chi connectivity index (χ0n) is 8.64. The van der Waals surface area contributed by atoms with Crippen molar-refractivity contribution in [2.75, 3.05) is 5.43 Å². The summed E-state index contributed by atoms with van der Waals surface area (Å²) in [6, 6.07) is 5.15. The fourth-order valence-corrected chi connectivity index (χ4v) is 2.18. The molecule has 8 heteroatoms. The highest BCUT2D eigenvalue weighted by molar-refractivity contribution is 6.42. The van der Waals surface area contributed by atoms with E-state index in [1.54, 1.807) is 22.4 Å². The van der Waals surface area contributed by atoms with E-state index >= 15 is 0 Å². The monoisotopic (exact) mass is 272 g/mol. The van der Waals surface area contributed by atoms with Crippen molar-refractivity contribution in [1.29, 1.82) is 0 Å². The van der Waals surface area contributed by atoms with Gasteiger partial charge in [-0.05, 0) is 18.2 Å². The molecule has 0 amide bonds. The summed E-state index contributed by atoms with van der Waals surface area (Å²) >= 11 is 11.8. The molecule has 2 unspecified atom stereocenters. The Bertz CT molecular complexity index is 504. The Labute approximate surface area is 108 Å². The Morgan fingerprint density at radius 2 is 2.06 bits per heavy atom. The Balaban J connectivity index is 1.76. The highest BCUT2D eigenvalue weighted by Gasteiger charge is 2.53. The van der Waals surface area contributed by atoms with Crippen LogP contribution in [0.25, 0.3) is 0 Å². The van der Waals surface area contributed by atoms with Crippen LogP contribution in [0, 0.1) is 0 Å². The molecule has 2 atom stereocenters. The molecule has 3 aliphatic heterocycles. The van der Waals surface area contributed by atoms with Gasteiger partial charge >= 0.3 is 0 Å². The van der Waals surface area contributed by atoms with E-state index in [9.17, 15) is 0 Å². The summed E-state index contributed by atoms with van der Waals surface area (Å²) in [5, 5.41) is 8.40. The van der Waals surface area contributed by atoms with Crippen LogP contribution in [0.2, 0.25) is 10.0 Å². The third-order valence-electron chi connectivity index (χ3n) is 2.76. The first-order valence-electron chi connectivity index (χ1n) is 4.97. The Morgan fingerprint density at radius 1 is 1.29 bits per heavy atom. The van der Waals surface area contributed by atoms with Gasteiger partial charge in [-0.25, -0.2) is 0 Å². The van der Waals surface area contributed by atoms with Crippen LogP contribution in [0.3, 0.4) is 0 Å². The lowest BCUT2D eigenvalue weighted by molar-refractivity contribution is -0.143. The molecule has 0 aliphatic carbocycles. The van der Waals surface area contributed by atoms with E-state index in [0.29, 0.717) is 15.9 Å². The Kier molecular flexibility index (Phi) is 2.34. The highest BCUT2D eigenvalue weighted by atomic mass is 35.5. The van der Waals surface area contributed by atoms with Gasteiger partial charge in [-0.3, -0.25) is 5.43 Å². The van der Waals surface area contributed by atoms with Crippen LogP contribution in [-0.4, -0.2) is 28.3 Å². The molecule has 1 aromatic rings. The van der Waals surface area contributed by atoms with Crippen LogP contribution in [0.15, 0.2) is 23.3 Å². The number of nitrogens with zero attached hydrogens (tertiary/aromatic N) is 3. The lowest BCUT2D eigenvalue weighted by atomic mass is 10.2. The fraction of sp³-hybridized carbons (Fsp3) is 0.222. The third kappa shape index (κ3) is 1.53. The largest absolute Gasteiger partial charge is 0.384 e. The molecule has 90 valence electrons. The molecule has 1 aromatic carbocycles. The van der Waals surface area contributed by atoms with Crippen molar-refractivity contribution >= 4 is 34.7 Å². The molecule has 4 rings (SSSR count). The SMILES string of the molecule is NC1=NN2C(N)C1N2Nc1ccc(Cl)c(Cl)c1. The maximum Gasteiger partial charge on any atom is 0.147 e. The molecule has 5 N–H and O–H groups in total. The number of anilines is 1. The van der Waals surface area contributed by atoms with Gasteiger partial charge in [0.2, 0.25) is 0 Å². The molecule has 2 bridgehead atoms. The van der Waals surface area contributed by atoms with Crippen LogP contribution in [0.5, 0.6) is 0 Å². The summed E-state index contributed by atoms with van der Waals surface area (Å²) in [6.45, 7) is 0. The predicted molar refractivity (Wildman–Crippen MR) is 67.1 cm³/mol. The second-order valence-electron chi connectivity index (χ2n) is 3.87. The number of nitrogens with two attached hydrogens (primary N) is 2. The number of benzene rings is 1. The van der Waals surface area contributed by atoms with Gasteiger partial charge in [0.1, 0.15) is 18.0 Å². The fourth-order valence-electron chi connectivity index (χ4n) is 1.88. The number of hydrazone groups is 1. The van der Waals surface area contributed by atoms with E-state index in [0.717, 1.165) is 5.69 Å². The number of halogens is 2. The molecular weight excluding hydrogens is 263 g/mol. The standard InChI is InChI=1S/C9H10Cl2N6/c10-5-2-1-4(3-6(5)11)14-16-7-8(12)15-17(16)9(7)13/h1-3,7,9,14H,13H2,(H2,12,15). The quantitative estimate of drug-likeness (QED) is 0.742. The molecule has 6 nitrogen and oxygen atoms in total. The van der Waals surface area contributed by atoms with Crippen LogP contribution in [0.1, 0.15) is 0 Å². The van der Waals surface area contributed by atoms with Crippen molar-refractivity contribution in [2.24, 2.45) is 16.6 Å². The maximum absolute atomic E-state index is 5.92. The first kappa shape index (κ1) is 10.9. The molecule has 0 saturated carbocycles. The molecule has 1 saturated heterocycles. The zero-order valence-corrected chi connectivity index (χ0v) is 10.2. The zero-order chi connectivity index (χ0) is 12.2. The van der Waals surface area contributed by atoms with Gasteiger partial charge in [0.15, 0.2) is 0 Å². The number of hydrazine groups is 2. The van der Waals surface area contributed by atoms with E-state index in [1.165, 1.54) is 0 Å². The smallest absolute Gasteiger partial charge is 0.147 e. The number of nitrogens with one attached hydrogen (secondary N) is 1. The van der Waals surface area contributed by atoms with Gasteiger partial charge in [0, 0.05) is 0 Å². The highest BCUT2D eigenvalue weighted by Crippen LogP contribution is 2.32. The van der Waals surface area contributed by atoms with E-state index in [4.69, 9.17) is 34.7 Å². The van der Waals surface area contributed by atoms with E-state index in [2.05, 4.69) is 10.5 Å². The molecule has 3 heterocycles. The minimum Gasteiger partial charge on any atom is -0.384 e. The number of hydrogen-bond acceptors (Lipinski definition) is 6. The molecule has 0 aromatic heterocycles. The minimum atomic E-state index is -0.190. The summed E-state index contributed by atoms with van der Waals surface area (Å²) in [4.78, 5) is 0. The van der Waals surface area contributed by atoms with Gasteiger partial charge in [-0.2, -0.15) is 5.12 Å². The van der Waals surface area contributed by atoms with Gasteiger partial charge < -0.3 is 11.5 Å². The minimum absolute atomic E-state index is 0.107. The first-order chi connectivity index (χ1) is 8.08. The van der Waals surface area contributed by atoms with Crippen molar-refractivity contribution in [1.82, 2.24) is 10.2 Å². The summed E-state index contributed by atoms with van der Waals surface area (Å²) in [6.07, 6.45) is -0.190. The predicted octanol–water partition coefficient (Wildman–Crippen LogP) is 0.792. The van der Waals surface area contributed by atoms with Crippen molar-refractivity contribution in [3.8, 4) is 0 Å². The van der Waals surface area contributed by atoms with Crippen LogP contribution >= 0.6 is 23.2 Å². The van der Waals surface area contributed by atoms with E-state index < -0.39 is 0 Å². The van der Waals surface area contributed by atoms with Crippen molar-refractivity contribution in [3.05, 3.63) is 28.2 Å². The average Bonchev–Trinajstić information content (AvgIpc) is 2.77. The van der Waals surface area contributed by atoms with Crippen LogP contribution in [-0.2, 0) is 0 Å². The maximum atomic E-state index is 5.92. The topological polar surface area (TPSA) is 82.9 Å². The van der Waals surface area contributed by atoms with Crippen LogP contribution in [0.4, 0.5) is 5.69 Å². The lowest BCUT2D eigenvalue weighted by Crippen LogP contribution is -2.72. The van der Waals surface area contributed by atoms with E-state index in [1.807, 2.05) is 6.07 Å². The molecule has 0 radical (unpaired) electrons. The van der Waals surface area contributed by atoms with Crippen molar-refractivity contribution in [3.63, 3.8) is 0 Å². The van der Waals surface area contributed by atoms with Gasteiger partial charge in [-0.1, -0.05) is 23.2 Å². The first-order valence-corrected chi connectivity index (χ1v) is 5.73. The molecule has 3 aliphatic rings. The van der Waals surface area contributed by atoms with Crippen molar-refractivity contribution in [2.45, 2.75) is 12.2 Å². The molecular formula is C9H10Cl2N6. The molecule has 1 fully saturated rings. The normalized spacial score (nSPS) is 26.8. The number of hydrogen-bond donors (Lipinski definition) is 3.